The molecule has 2 aromatic carbocycles. The Morgan fingerprint density at radius 3 is 2.55 bits per heavy atom. The Bertz CT molecular complexity index is 1220. The van der Waals surface area contributed by atoms with Crippen LogP contribution in [0.5, 0.6) is 11.5 Å². The monoisotopic (exact) mass is 434 g/mol. The number of primary amides is 1. The number of aryl methyl sites for hydroxylation is 1. The number of nitrogens with two attached hydrogens (primary N) is 1. The van der Waals surface area contributed by atoms with Crippen molar-refractivity contribution in [2.75, 3.05) is 14.2 Å². The second-order valence-electron chi connectivity index (χ2n) is 6.86. The fourth-order valence-corrected chi connectivity index (χ4v) is 4.09. The van der Waals surface area contributed by atoms with E-state index in [1.807, 2.05) is 59.1 Å². The minimum atomic E-state index is -0.294. The molecule has 1 amide bonds. The summed E-state index contributed by atoms with van der Waals surface area (Å²) < 4.78 is 12.7. The van der Waals surface area contributed by atoms with Crippen LogP contribution in [0.4, 0.5) is 0 Å². The lowest BCUT2D eigenvalue weighted by atomic mass is 10.1. The highest BCUT2D eigenvalue weighted by Gasteiger charge is 2.12. The minimum Gasteiger partial charge on any atom is -0.493 e. The highest BCUT2D eigenvalue weighted by molar-refractivity contribution is 7.99. The summed E-state index contributed by atoms with van der Waals surface area (Å²) in [5.41, 5.74) is 8.82. The number of carbonyl (C=O) groups is 1. The van der Waals surface area contributed by atoms with Crippen molar-refractivity contribution in [2.45, 2.75) is 22.9 Å². The molecule has 8 heteroatoms. The molecule has 2 aromatic heterocycles. The average molecular weight is 435 g/mol. The Morgan fingerprint density at radius 1 is 1.06 bits per heavy atom. The van der Waals surface area contributed by atoms with Crippen LogP contribution in [-0.4, -0.2) is 34.5 Å². The highest BCUT2D eigenvalue weighted by Crippen LogP contribution is 2.34. The molecule has 0 aliphatic carbocycles. The number of benzene rings is 2. The first-order chi connectivity index (χ1) is 15.1. The van der Waals surface area contributed by atoms with Gasteiger partial charge in [-0.05, 0) is 42.3 Å². The van der Waals surface area contributed by atoms with E-state index in [-0.39, 0.29) is 5.91 Å². The van der Waals surface area contributed by atoms with Gasteiger partial charge in [-0.3, -0.25) is 9.20 Å². The molecule has 0 saturated carbocycles. The van der Waals surface area contributed by atoms with Crippen LogP contribution < -0.4 is 15.2 Å². The molecule has 0 aliphatic rings. The summed E-state index contributed by atoms with van der Waals surface area (Å²) >= 11 is 1.55. The summed E-state index contributed by atoms with van der Waals surface area (Å²) in [6, 6.07) is 15.7. The van der Waals surface area contributed by atoms with Gasteiger partial charge in [0.2, 0.25) is 5.91 Å². The first-order valence-electron chi connectivity index (χ1n) is 9.69. The average Bonchev–Trinajstić information content (AvgIpc) is 3.27. The Labute approximate surface area is 184 Å². The Morgan fingerprint density at radius 2 is 1.84 bits per heavy atom. The Balaban J connectivity index is 1.66. The zero-order chi connectivity index (χ0) is 21.8. The standard InChI is InChI=1S/C23H22N4O3S/c1-29-19-9-6-16(13-20(19)30-2)18-14-22-25-11-12-27(22)23(26-18)31-17-7-3-15(4-8-17)5-10-21(24)28/h3-4,6-9,11-14H,5,10H2,1-2H3,(H2,24,28). The van der Waals surface area contributed by atoms with E-state index >= 15 is 0 Å². The lowest BCUT2D eigenvalue weighted by Crippen LogP contribution is -2.11. The number of hydrogen-bond donors (Lipinski definition) is 1. The molecule has 158 valence electrons. The van der Waals surface area contributed by atoms with Crippen molar-refractivity contribution in [1.29, 1.82) is 0 Å². The maximum Gasteiger partial charge on any atom is 0.217 e. The third-order valence-electron chi connectivity index (χ3n) is 4.83. The van der Waals surface area contributed by atoms with Crippen LogP contribution in [-0.2, 0) is 11.2 Å². The molecule has 0 aliphatic heterocycles. The van der Waals surface area contributed by atoms with Gasteiger partial charge in [0.05, 0.1) is 19.9 Å². The molecule has 0 saturated heterocycles. The van der Waals surface area contributed by atoms with Gasteiger partial charge in [0, 0.05) is 35.3 Å². The second kappa shape index (κ2) is 9.09. The number of aromatic nitrogens is 3. The van der Waals surface area contributed by atoms with E-state index in [0.717, 1.165) is 32.5 Å². The number of imidazole rings is 1. The molecule has 7 nitrogen and oxygen atoms in total. The molecular formula is C23H22N4O3S. The topological polar surface area (TPSA) is 91.7 Å². The summed E-state index contributed by atoms with van der Waals surface area (Å²) in [4.78, 5) is 21.4. The molecular weight excluding hydrogens is 412 g/mol. The van der Waals surface area contributed by atoms with Crippen LogP contribution in [0.3, 0.4) is 0 Å². The van der Waals surface area contributed by atoms with E-state index in [2.05, 4.69) is 4.98 Å². The second-order valence-corrected chi connectivity index (χ2v) is 7.90. The van der Waals surface area contributed by atoms with E-state index < -0.39 is 0 Å². The van der Waals surface area contributed by atoms with Crippen molar-refractivity contribution >= 4 is 23.3 Å². The third kappa shape index (κ3) is 4.64. The van der Waals surface area contributed by atoms with Crippen molar-refractivity contribution in [1.82, 2.24) is 14.4 Å². The molecule has 4 aromatic rings. The summed E-state index contributed by atoms with van der Waals surface area (Å²) in [5.74, 6) is 1.02. The first-order valence-corrected chi connectivity index (χ1v) is 10.5. The fraction of sp³-hybridized carbons (Fsp3) is 0.174. The number of amides is 1. The van der Waals surface area contributed by atoms with Crippen molar-refractivity contribution in [2.24, 2.45) is 5.73 Å². The van der Waals surface area contributed by atoms with E-state index in [9.17, 15) is 4.79 Å². The zero-order valence-electron chi connectivity index (χ0n) is 17.2. The molecule has 0 bridgehead atoms. The normalized spacial score (nSPS) is 10.9. The number of methoxy groups -OCH3 is 2. The molecule has 0 unspecified atom stereocenters. The van der Waals surface area contributed by atoms with E-state index in [1.165, 1.54) is 0 Å². The van der Waals surface area contributed by atoms with Crippen molar-refractivity contribution in [3.05, 3.63) is 66.5 Å². The fourth-order valence-electron chi connectivity index (χ4n) is 3.21. The maximum absolute atomic E-state index is 11.0. The number of ether oxygens (including phenoxy) is 2. The number of hydrogen-bond acceptors (Lipinski definition) is 6. The smallest absolute Gasteiger partial charge is 0.217 e. The summed E-state index contributed by atoms with van der Waals surface area (Å²) in [7, 11) is 3.22. The van der Waals surface area contributed by atoms with Gasteiger partial charge in [-0.1, -0.05) is 23.9 Å². The van der Waals surface area contributed by atoms with Crippen LogP contribution in [0, 0.1) is 0 Å². The number of carbonyl (C=O) groups excluding carboxylic acids is 1. The van der Waals surface area contributed by atoms with Gasteiger partial charge >= 0.3 is 0 Å². The first kappa shape index (κ1) is 20.7. The Hall–Kier alpha value is -3.52. The quantitative estimate of drug-likeness (QED) is 0.422. The molecule has 0 radical (unpaired) electrons. The minimum absolute atomic E-state index is 0.294. The largest absolute Gasteiger partial charge is 0.493 e. The molecule has 31 heavy (non-hydrogen) atoms. The molecule has 2 N–H and O–H groups in total. The van der Waals surface area contributed by atoms with Gasteiger partial charge in [0.15, 0.2) is 16.7 Å². The van der Waals surface area contributed by atoms with Gasteiger partial charge in [-0.25, -0.2) is 9.97 Å². The van der Waals surface area contributed by atoms with Crippen LogP contribution >= 0.6 is 11.8 Å². The number of nitrogens with zero attached hydrogens (tertiary/aromatic N) is 3. The van der Waals surface area contributed by atoms with Crippen LogP contribution in [0.15, 0.2) is 71.0 Å². The van der Waals surface area contributed by atoms with E-state index in [0.29, 0.717) is 24.3 Å². The number of fused-ring (bicyclic) bond motifs is 1. The van der Waals surface area contributed by atoms with E-state index in [1.54, 1.807) is 32.2 Å². The van der Waals surface area contributed by atoms with Gasteiger partial charge < -0.3 is 15.2 Å². The molecule has 0 fully saturated rings. The van der Waals surface area contributed by atoms with Crippen molar-refractivity contribution in [3.63, 3.8) is 0 Å². The summed E-state index contributed by atoms with van der Waals surface area (Å²) in [6.45, 7) is 0. The van der Waals surface area contributed by atoms with Gasteiger partial charge in [0.25, 0.3) is 0 Å². The lowest BCUT2D eigenvalue weighted by Gasteiger charge is -2.11. The SMILES string of the molecule is COc1ccc(-c2cc3nccn3c(Sc3ccc(CCC(N)=O)cc3)n2)cc1OC. The lowest BCUT2D eigenvalue weighted by molar-refractivity contribution is -0.117. The molecule has 2 heterocycles. The van der Waals surface area contributed by atoms with Gasteiger partial charge in [0.1, 0.15) is 5.65 Å². The molecule has 4 rings (SSSR count). The van der Waals surface area contributed by atoms with Crippen molar-refractivity contribution in [3.8, 4) is 22.8 Å². The number of rotatable bonds is 8. The summed E-state index contributed by atoms with van der Waals surface area (Å²) in [6.07, 6.45) is 4.63. The van der Waals surface area contributed by atoms with Crippen LogP contribution in [0.1, 0.15) is 12.0 Å². The maximum atomic E-state index is 11.0. The Kier molecular flexibility index (Phi) is 6.08. The van der Waals surface area contributed by atoms with E-state index in [4.69, 9.17) is 20.2 Å². The molecule has 0 atom stereocenters. The highest BCUT2D eigenvalue weighted by atomic mass is 32.2. The predicted molar refractivity (Wildman–Crippen MR) is 120 cm³/mol. The third-order valence-corrected chi connectivity index (χ3v) is 5.81. The van der Waals surface area contributed by atoms with Gasteiger partial charge in [-0.15, -0.1) is 0 Å². The predicted octanol–water partition coefficient (Wildman–Crippen LogP) is 3.98. The van der Waals surface area contributed by atoms with Gasteiger partial charge in [-0.2, -0.15) is 0 Å². The van der Waals surface area contributed by atoms with Crippen molar-refractivity contribution < 1.29 is 14.3 Å². The molecule has 0 spiro atoms. The van der Waals surface area contributed by atoms with Crippen LogP contribution in [0.25, 0.3) is 16.9 Å². The summed E-state index contributed by atoms with van der Waals surface area (Å²) in [5, 5.41) is 0.796. The zero-order valence-corrected chi connectivity index (χ0v) is 18.1. The van der Waals surface area contributed by atoms with Crippen LogP contribution in [0.2, 0.25) is 0 Å².